The van der Waals surface area contributed by atoms with E-state index in [1.54, 1.807) is 11.3 Å². The Labute approximate surface area is 69.4 Å². The molecule has 1 aliphatic rings. The fourth-order valence-electron chi connectivity index (χ4n) is 1.12. The summed E-state index contributed by atoms with van der Waals surface area (Å²) in [6.45, 7) is 2.65. The van der Waals surface area contributed by atoms with E-state index in [4.69, 9.17) is 4.74 Å². The second kappa shape index (κ2) is 3.30. The number of thiazole rings is 1. The van der Waals surface area contributed by atoms with E-state index in [9.17, 15) is 0 Å². The molecule has 0 spiro atoms. The molecule has 2 heterocycles. The molecule has 0 bridgehead atoms. The van der Waals surface area contributed by atoms with Gasteiger partial charge in [-0.05, 0) is 0 Å². The van der Waals surface area contributed by atoms with Crippen LogP contribution in [0.1, 0.15) is 11.1 Å². The summed E-state index contributed by atoms with van der Waals surface area (Å²) in [4.78, 5) is 4.19. The van der Waals surface area contributed by atoms with Crippen LogP contribution in [-0.4, -0.2) is 24.7 Å². The molecule has 60 valence electrons. The molecule has 0 aromatic carbocycles. The number of rotatable bonds is 1. The molecule has 1 atom stereocenters. The molecule has 1 saturated heterocycles. The van der Waals surface area contributed by atoms with Crippen LogP contribution in [-0.2, 0) is 4.74 Å². The first-order valence-electron chi connectivity index (χ1n) is 3.68. The van der Waals surface area contributed by atoms with Gasteiger partial charge in [0.1, 0.15) is 11.1 Å². The smallest absolute Gasteiger partial charge is 0.123 e. The Hall–Kier alpha value is -0.450. The zero-order chi connectivity index (χ0) is 7.52. The molecular weight excluding hydrogens is 160 g/mol. The number of hydrogen-bond acceptors (Lipinski definition) is 4. The van der Waals surface area contributed by atoms with E-state index in [-0.39, 0.29) is 6.10 Å². The van der Waals surface area contributed by atoms with Crippen LogP contribution < -0.4 is 5.32 Å². The molecule has 0 amide bonds. The van der Waals surface area contributed by atoms with Crippen LogP contribution in [0.5, 0.6) is 0 Å². The van der Waals surface area contributed by atoms with Gasteiger partial charge in [-0.2, -0.15) is 0 Å². The molecule has 1 aliphatic heterocycles. The van der Waals surface area contributed by atoms with E-state index in [1.807, 2.05) is 11.6 Å². The fraction of sp³-hybridized carbons (Fsp3) is 0.571. The van der Waals surface area contributed by atoms with Gasteiger partial charge in [0.25, 0.3) is 0 Å². The average Bonchev–Trinajstić information content (AvgIpc) is 2.58. The van der Waals surface area contributed by atoms with Crippen LogP contribution in [0.15, 0.2) is 11.6 Å². The third-order valence-electron chi connectivity index (χ3n) is 1.65. The van der Waals surface area contributed by atoms with Crippen LogP contribution in [0.2, 0.25) is 0 Å². The van der Waals surface area contributed by atoms with E-state index in [2.05, 4.69) is 10.3 Å². The zero-order valence-electron chi connectivity index (χ0n) is 6.12. The molecule has 2 rings (SSSR count). The standard InChI is InChI=1S/C7H10N2OS/c1-3-10-6(5-8-1)7-9-2-4-11-7/h2,4,6,8H,1,3,5H2/t6-/m1/s1. The van der Waals surface area contributed by atoms with Gasteiger partial charge in [0.2, 0.25) is 0 Å². The number of aromatic nitrogens is 1. The molecule has 1 fully saturated rings. The molecule has 3 nitrogen and oxygen atoms in total. The molecule has 0 saturated carbocycles. The molecule has 0 aliphatic carbocycles. The summed E-state index contributed by atoms with van der Waals surface area (Å²) in [6, 6.07) is 0. The maximum atomic E-state index is 5.51. The van der Waals surface area contributed by atoms with Crippen LogP contribution in [0, 0.1) is 0 Å². The Kier molecular flexibility index (Phi) is 2.16. The van der Waals surface area contributed by atoms with Crippen molar-refractivity contribution in [1.82, 2.24) is 10.3 Å². The maximum Gasteiger partial charge on any atom is 0.123 e. The topological polar surface area (TPSA) is 34.1 Å². The van der Waals surface area contributed by atoms with Crippen molar-refractivity contribution in [3.05, 3.63) is 16.6 Å². The van der Waals surface area contributed by atoms with Crippen molar-refractivity contribution in [2.45, 2.75) is 6.10 Å². The van der Waals surface area contributed by atoms with E-state index >= 15 is 0 Å². The van der Waals surface area contributed by atoms with E-state index in [0.717, 1.165) is 24.7 Å². The summed E-state index contributed by atoms with van der Waals surface area (Å²) in [5.41, 5.74) is 0. The largest absolute Gasteiger partial charge is 0.368 e. The third kappa shape index (κ3) is 1.58. The first-order chi connectivity index (χ1) is 5.47. The maximum absolute atomic E-state index is 5.51. The first-order valence-corrected chi connectivity index (χ1v) is 4.56. The Morgan fingerprint density at radius 3 is 3.36 bits per heavy atom. The minimum atomic E-state index is 0.184. The van der Waals surface area contributed by atoms with Crippen LogP contribution in [0.3, 0.4) is 0 Å². The van der Waals surface area contributed by atoms with E-state index < -0.39 is 0 Å². The van der Waals surface area contributed by atoms with Gasteiger partial charge in [0.15, 0.2) is 0 Å². The molecular formula is C7H10N2OS. The molecule has 11 heavy (non-hydrogen) atoms. The lowest BCUT2D eigenvalue weighted by Gasteiger charge is -2.21. The minimum absolute atomic E-state index is 0.184. The highest BCUT2D eigenvalue weighted by Crippen LogP contribution is 2.19. The van der Waals surface area contributed by atoms with Gasteiger partial charge < -0.3 is 10.1 Å². The lowest BCUT2D eigenvalue weighted by Crippen LogP contribution is -2.33. The van der Waals surface area contributed by atoms with Crippen molar-refractivity contribution >= 4 is 11.3 Å². The summed E-state index contributed by atoms with van der Waals surface area (Å²) < 4.78 is 5.51. The lowest BCUT2D eigenvalue weighted by molar-refractivity contribution is 0.0275. The predicted molar refractivity (Wildman–Crippen MR) is 43.7 cm³/mol. The number of nitrogens with one attached hydrogen (secondary N) is 1. The van der Waals surface area contributed by atoms with Crippen molar-refractivity contribution in [2.75, 3.05) is 19.7 Å². The van der Waals surface area contributed by atoms with Crippen molar-refractivity contribution in [3.63, 3.8) is 0 Å². The summed E-state index contributed by atoms with van der Waals surface area (Å²) in [6.07, 6.45) is 2.00. The number of ether oxygens (including phenoxy) is 1. The Balaban J connectivity index is 2.04. The Morgan fingerprint density at radius 1 is 1.73 bits per heavy atom. The van der Waals surface area contributed by atoms with E-state index in [0.29, 0.717) is 0 Å². The number of morpholine rings is 1. The highest BCUT2D eigenvalue weighted by atomic mass is 32.1. The molecule has 4 heteroatoms. The summed E-state index contributed by atoms with van der Waals surface area (Å²) in [5.74, 6) is 0. The summed E-state index contributed by atoms with van der Waals surface area (Å²) in [5, 5.41) is 6.32. The first kappa shape index (κ1) is 7.21. The van der Waals surface area contributed by atoms with Crippen molar-refractivity contribution < 1.29 is 4.74 Å². The lowest BCUT2D eigenvalue weighted by atomic mass is 10.3. The van der Waals surface area contributed by atoms with Gasteiger partial charge in [0, 0.05) is 24.7 Å². The predicted octanol–water partition coefficient (Wildman–Crippen LogP) is 0.804. The zero-order valence-corrected chi connectivity index (χ0v) is 6.93. The van der Waals surface area contributed by atoms with Crippen LogP contribution in [0.25, 0.3) is 0 Å². The molecule has 0 unspecified atom stereocenters. The monoisotopic (exact) mass is 170 g/mol. The van der Waals surface area contributed by atoms with Crippen molar-refractivity contribution in [1.29, 1.82) is 0 Å². The SMILES string of the molecule is c1csc([C@H]2CNCCO2)n1. The Morgan fingerprint density at radius 2 is 2.73 bits per heavy atom. The third-order valence-corrected chi connectivity index (χ3v) is 2.52. The Bertz CT molecular complexity index is 206. The van der Waals surface area contributed by atoms with Gasteiger partial charge in [0.05, 0.1) is 6.61 Å². The number of nitrogens with zero attached hydrogens (tertiary/aromatic N) is 1. The van der Waals surface area contributed by atoms with Gasteiger partial charge in [-0.3, -0.25) is 0 Å². The number of hydrogen-bond donors (Lipinski definition) is 1. The van der Waals surface area contributed by atoms with Crippen molar-refractivity contribution in [2.24, 2.45) is 0 Å². The summed E-state index contributed by atoms with van der Waals surface area (Å²) >= 11 is 1.65. The van der Waals surface area contributed by atoms with Gasteiger partial charge in [-0.15, -0.1) is 11.3 Å². The second-order valence-electron chi connectivity index (χ2n) is 2.43. The van der Waals surface area contributed by atoms with Gasteiger partial charge >= 0.3 is 0 Å². The van der Waals surface area contributed by atoms with Crippen LogP contribution in [0.4, 0.5) is 0 Å². The molecule has 1 aromatic rings. The minimum Gasteiger partial charge on any atom is -0.368 e. The highest BCUT2D eigenvalue weighted by Gasteiger charge is 2.16. The van der Waals surface area contributed by atoms with Crippen LogP contribution >= 0.6 is 11.3 Å². The molecule has 0 radical (unpaired) electrons. The van der Waals surface area contributed by atoms with Gasteiger partial charge in [-0.25, -0.2) is 4.98 Å². The average molecular weight is 170 g/mol. The highest BCUT2D eigenvalue weighted by molar-refractivity contribution is 7.09. The normalized spacial score (nSPS) is 25.3. The van der Waals surface area contributed by atoms with Gasteiger partial charge in [-0.1, -0.05) is 0 Å². The molecule has 1 aromatic heterocycles. The summed E-state index contributed by atoms with van der Waals surface area (Å²) in [7, 11) is 0. The fourth-order valence-corrected chi connectivity index (χ4v) is 1.80. The van der Waals surface area contributed by atoms with E-state index in [1.165, 1.54) is 0 Å². The second-order valence-corrected chi connectivity index (χ2v) is 3.36. The van der Waals surface area contributed by atoms with Crippen molar-refractivity contribution in [3.8, 4) is 0 Å². The molecule has 1 N–H and O–H groups in total. The quantitative estimate of drug-likeness (QED) is 0.677.